The van der Waals surface area contributed by atoms with E-state index in [2.05, 4.69) is 9.88 Å². The predicted molar refractivity (Wildman–Crippen MR) is 109 cm³/mol. The van der Waals surface area contributed by atoms with Gasteiger partial charge in [0.25, 0.3) is 5.91 Å². The zero-order valence-corrected chi connectivity index (χ0v) is 16.5. The van der Waals surface area contributed by atoms with Crippen LogP contribution in [0.4, 0.5) is 0 Å². The van der Waals surface area contributed by atoms with Gasteiger partial charge >= 0.3 is 0 Å². The van der Waals surface area contributed by atoms with Crippen molar-refractivity contribution >= 4 is 51.3 Å². The highest BCUT2D eigenvalue weighted by molar-refractivity contribution is 7.20. The first-order chi connectivity index (χ1) is 12.6. The Balaban J connectivity index is 1.35. The van der Waals surface area contributed by atoms with E-state index in [1.807, 2.05) is 41.4 Å². The maximum atomic E-state index is 12.9. The number of hydrogen-bond acceptors (Lipinski definition) is 3. The molecule has 0 unspecified atom stereocenters. The van der Waals surface area contributed by atoms with Gasteiger partial charge in [0.15, 0.2) is 0 Å². The zero-order valence-electron chi connectivity index (χ0n) is 14.2. The first-order valence-corrected chi connectivity index (χ1v) is 10.2. The van der Waals surface area contributed by atoms with E-state index in [1.165, 1.54) is 11.3 Å². The number of nitrogens with one attached hydrogen (secondary N) is 1. The maximum absolute atomic E-state index is 12.9. The van der Waals surface area contributed by atoms with E-state index in [-0.39, 0.29) is 5.91 Å². The molecule has 0 spiro atoms. The molecule has 0 atom stereocenters. The number of aromatic amines is 1. The molecule has 1 saturated heterocycles. The summed E-state index contributed by atoms with van der Waals surface area (Å²) in [6, 6.07) is 9.75. The van der Waals surface area contributed by atoms with Gasteiger partial charge in [-0.2, -0.15) is 0 Å². The van der Waals surface area contributed by atoms with Crippen molar-refractivity contribution in [1.29, 1.82) is 0 Å². The molecule has 0 bridgehead atoms. The number of hydrogen-bond donors (Lipinski definition) is 1. The molecule has 0 radical (unpaired) electrons. The summed E-state index contributed by atoms with van der Waals surface area (Å²) in [5.74, 6) is 0.113. The van der Waals surface area contributed by atoms with E-state index in [1.54, 1.807) is 0 Å². The Morgan fingerprint density at radius 2 is 1.96 bits per heavy atom. The molecule has 1 aliphatic rings. The van der Waals surface area contributed by atoms with Crippen LogP contribution >= 0.6 is 34.5 Å². The zero-order chi connectivity index (χ0) is 18.1. The SMILES string of the molecule is O=C(c1cccc2[nH]ccc12)N1CCN(CCc2cc(Cl)sc2Cl)CC1. The molecule has 136 valence electrons. The van der Waals surface area contributed by atoms with Gasteiger partial charge in [-0.05, 0) is 36.2 Å². The number of thiophene rings is 1. The van der Waals surface area contributed by atoms with E-state index in [9.17, 15) is 4.79 Å². The molecule has 26 heavy (non-hydrogen) atoms. The van der Waals surface area contributed by atoms with Gasteiger partial charge in [-0.25, -0.2) is 0 Å². The summed E-state index contributed by atoms with van der Waals surface area (Å²) in [4.78, 5) is 20.4. The van der Waals surface area contributed by atoms with Crippen LogP contribution in [0.1, 0.15) is 15.9 Å². The fourth-order valence-corrected chi connectivity index (χ4v) is 4.98. The van der Waals surface area contributed by atoms with Crippen LogP contribution in [-0.2, 0) is 6.42 Å². The van der Waals surface area contributed by atoms with Crippen molar-refractivity contribution in [2.24, 2.45) is 0 Å². The molecule has 4 rings (SSSR count). The van der Waals surface area contributed by atoms with Gasteiger partial charge in [-0.3, -0.25) is 9.69 Å². The summed E-state index contributed by atoms with van der Waals surface area (Å²) >= 11 is 13.6. The molecule has 1 N–H and O–H groups in total. The van der Waals surface area contributed by atoms with Crippen LogP contribution in [0.5, 0.6) is 0 Å². The Hall–Kier alpha value is -1.53. The second-order valence-corrected chi connectivity index (χ2v) is 8.76. The van der Waals surface area contributed by atoms with Gasteiger partial charge in [0.2, 0.25) is 0 Å². The monoisotopic (exact) mass is 407 g/mol. The van der Waals surface area contributed by atoms with Gasteiger partial charge in [0.05, 0.1) is 8.67 Å². The van der Waals surface area contributed by atoms with Crippen molar-refractivity contribution in [1.82, 2.24) is 14.8 Å². The van der Waals surface area contributed by atoms with Gasteiger partial charge in [-0.15, -0.1) is 11.3 Å². The Labute approximate surface area is 166 Å². The molecule has 0 saturated carbocycles. The van der Waals surface area contributed by atoms with Crippen LogP contribution in [0.2, 0.25) is 8.67 Å². The normalized spacial score (nSPS) is 15.7. The maximum Gasteiger partial charge on any atom is 0.254 e. The largest absolute Gasteiger partial charge is 0.361 e. The molecule has 3 heterocycles. The lowest BCUT2D eigenvalue weighted by Gasteiger charge is -2.34. The number of carbonyl (C=O) groups excluding carboxylic acids is 1. The molecule has 2 aromatic heterocycles. The number of rotatable bonds is 4. The average molecular weight is 408 g/mol. The van der Waals surface area contributed by atoms with Gasteiger partial charge in [0.1, 0.15) is 0 Å². The smallest absolute Gasteiger partial charge is 0.254 e. The summed E-state index contributed by atoms with van der Waals surface area (Å²) in [5.41, 5.74) is 2.89. The number of piperazine rings is 1. The van der Waals surface area contributed by atoms with Crippen LogP contribution in [0.15, 0.2) is 36.5 Å². The molecule has 1 amide bonds. The Morgan fingerprint density at radius 1 is 1.15 bits per heavy atom. The molecule has 1 aliphatic heterocycles. The number of fused-ring (bicyclic) bond motifs is 1. The second-order valence-electron chi connectivity index (χ2n) is 6.48. The Kier molecular flexibility index (Phi) is 5.23. The molecule has 1 fully saturated rings. The second kappa shape index (κ2) is 7.61. The summed E-state index contributed by atoms with van der Waals surface area (Å²) in [5, 5.41) is 0.990. The quantitative estimate of drug-likeness (QED) is 0.689. The van der Waals surface area contributed by atoms with Crippen LogP contribution in [0.25, 0.3) is 10.9 Å². The number of halogens is 2. The van der Waals surface area contributed by atoms with Gasteiger partial charge in [0, 0.05) is 55.4 Å². The molecule has 3 aromatic rings. The molecule has 4 nitrogen and oxygen atoms in total. The van der Waals surface area contributed by atoms with Crippen molar-refractivity contribution in [3.8, 4) is 0 Å². The Morgan fingerprint density at radius 3 is 2.69 bits per heavy atom. The first kappa shape index (κ1) is 17.9. The van der Waals surface area contributed by atoms with E-state index in [4.69, 9.17) is 23.2 Å². The average Bonchev–Trinajstić information content (AvgIpc) is 3.25. The number of H-pyrrole nitrogens is 1. The van der Waals surface area contributed by atoms with Gasteiger partial charge < -0.3 is 9.88 Å². The number of benzene rings is 1. The Bertz CT molecular complexity index is 928. The number of aromatic nitrogens is 1. The van der Waals surface area contributed by atoms with E-state index in [0.29, 0.717) is 0 Å². The highest BCUT2D eigenvalue weighted by atomic mass is 35.5. The van der Waals surface area contributed by atoms with Crippen molar-refractivity contribution in [2.45, 2.75) is 6.42 Å². The third-order valence-corrected chi connectivity index (χ3v) is 6.48. The molecular weight excluding hydrogens is 389 g/mol. The minimum Gasteiger partial charge on any atom is -0.361 e. The number of carbonyl (C=O) groups is 1. The van der Waals surface area contributed by atoms with E-state index >= 15 is 0 Å². The summed E-state index contributed by atoms with van der Waals surface area (Å²) in [7, 11) is 0. The standard InChI is InChI=1S/C19H19Cl2N3OS/c20-17-12-13(18(21)26-17)5-7-23-8-10-24(11-9-23)19(25)15-2-1-3-16-14(15)4-6-22-16/h1-4,6,12,22H,5,7-11H2. The number of amides is 1. The van der Waals surface area contributed by atoms with Crippen LogP contribution < -0.4 is 0 Å². The van der Waals surface area contributed by atoms with Gasteiger partial charge in [-0.1, -0.05) is 29.3 Å². The lowest BCUT2D eigenvalue weighted by Crippen LogP contribution is -2.49. The van der Waals surface area contributed by atoms with E-state index < -0.39 is 0 Å². The minimum absolute atomic E-state index is 0.113. The molecular formula is C19H19Cl2N3OS. The summed E-state index contributed by atoms with van der Waals surface area (Å²) in [6.45, 7) is 4.19. The van der Waals surface area contributed by atoms with Crippen LogP contribution in [0.3, 0.4) is 0 Å². The van der Waals surface area contributed by atoms with Crippen molar-refractivity contribution < 1.29 is 4.79 Å². The highest BCUT2D eigenvalue weighted by Crippen LogP contribution is 2.31. The topological polar surface area (TPSA) is 39.3 Å². The fraction of sp³-hybridized carbons (Fsp3) is 0.316. The first-order valence-electron chi connectivity index (χ1n) is 8.63. The lowest BCUT2D eigenvalue weighted by molar-refractivity contribution is 0.0640. The highest BCUT2D eigenvalue weighted by Gasteiger charge is 2.23. The molecule has 1 aromatic carbocycles. The van der Waals surface area contributed by atoms with Crippen molar-refractivity contribution in [3.63, 3.8) is 0 Å². The van der Waals surface area contributed by atoms with Crippen molar-refractivity contribution in [3.05, 3.63) is 56.3 Å². The minimum atomic E-state index is 0.113. The summed E-state index contributed by atoms with van der Waals surface area (Å²) < 4.78 is 1.52. The lowest BCUT2D eigenvalue weighted by atomic mass is 10.1. The van der Waals surface area contributed by atoms with E-state index in [0.717, 1.165) is 69.8 Å². The number of nitrogens with zero attached hydrogens (tertiary/aromatic N) is 2. The fourth-order valence-electron chi connectivity index (χ4n) is 3.44. The van der Waals surface area contributed by atoms with Crippen LogP contribution in [-0.4, -0.2) is 53.4 Å². The predicted octanol–water partition coefficient (Wildman–Crippen LogP) is 4.54. The third-order valence-electron chi connectivity index (χ3n) is 4.91. The third kappa shape index (κ3) is 3.62. The molecule has 0 aliphatic carbocycles. The van der Waals surface area contributed by atoms with Crippen LogP contribution in [0, 0.1) is 0 Å². The summed E-state index contributed by atoms with van der Waals surface area (Å²) in [6.07, 6.45) is 2.76. The molecule has 7 heteroatoms. The van der Waals surface area contributed by atoms with Crippen molar-refractivity contribution in [2.75, 3.05) is 32.7 Å².